The minimum absolute atomic E-state index is 0.101. The van der Waals surface area contributed by atoms with E-state index >= 15 is 0 Å². The summed E-state index contributed by atoms with van der Waals surface area (Å²) in [4.78, 5) is 23.8. The first-order chi connectivity index (χ1) is 11.0. The van der Waals surface area contributed by atoms with Crippen molar-refractivity contribution in [2.45, 2.75) is 20.0 Å². The lowest BCUT2D eigenvalue weighted by molar-refractivity contribution is 0.0818. The van der Waals surface area contributed by atoms with Crippen molar-refractivity contribution < 1.29 is 13.9 Å². The molecular weight excluding hydrogens is 292 g/mol. The van der Waals surface area contributed by atoms with Crippen LogP contribution in [0.2, 0.25) is 0 Å². The predicted molar refractivity (Wildman–Crippen MR) is 88.1 cm³/mol. The largest absolute Gasteiger partial charge is 0.482 e. The van der Waals surface area contributed by atoms with Crippen molar-refractivity contribution >= 4 is 16.8 Å². The number of ketones is 1. The fraction of sp³-hybridized carbons (Fsp3) is 0.158. The number of hydrogen-bond acceptors (Lipinski definition) is 4. The topological polar surface area (TPSA) is 56.5 Å². The monoisotopic (exact) mass is 308 g/mol. The summed E-state index contributed by atoms with van der Waals surface area (Å²) in [7, 11) is 0. The van der Waals surface area contributed by atoms with Crippen LogP contribution in [-0.4, -0.2) is 11.9 Å². The highest BCUT2D eigenvalue weighted by Gasteiger charge is 2.17. The first kappa shape index (κ1) is 15.0. The second kappa shape index (κ2) is 6.08. The fourth-order valence-corrected chi connectivity index (χ4v) is 2.47. The highest BCUT2D eigenvalue weighted by atomic mass is 16.5. The number of aryl methyl sites for hydroxylation is 1. The lowest BCUT2D eigenvalue weighted by atomic mass is 10.1. The van der Waals surface area contributed by atoms with E-state index in [1.54, 1.807) is 31.2 Å². The molecule has 0 spiro atoms. The minimum atomic E-state index is -0.633. The number of carbonyl (C=O) groups excluding carboxylic acids is 1. The van der Waals surface area contributed by atoms with E-state index in [4.69, 9.17) is 9.15 Å². The van der Waals surface area contributed by atoms with Gasteiger partial charge >= 0.3 is 5.63 Å². The van der Waals surface area contributed by atoms with E-state index in [-0.39, 0.29) is 5.78 Å². The molecular formula is C19H16O4. The summed E-state index contributed by atoms with van der Waals surface area (Å²) in [6, 6.07) is 15.7. The third kappa shape index (κ3) is 3.16. The first-order valence-corrected chi connectivity index (χ1v) is 7.35. The molecule has 1 aromatic heterocycles. The van der Waals surface area contributed by atoms with Crippen LogP contribution in [0.5, 0.6) is 5.75 Å². The lowest BCUT2D eigenvalue weighted by Crippen LogP contribution is -2.23. The van der Waals surface area contributed by atoms with Crippen molar-refractivity contribution in [1.82, 2.24) is 0 Å². The summed E-state index contributed by atoms with van der Waals surface area (Å²) in [5.74, 6) is 0.388. The second-order valence-electron chi connectivity index (χ2n) is 5.40. The van der Waals surface area contributed by atoms with E-state index in [9.17, 15) is 9.59 Å². The van der Waals surface area contributed by atoms with Crippen LogP contribution >= 0.6 is 0 Å². The van der Waals surface area contributed by atoms with E-state index in [0.717, 1.165) is 10.9 Å². The third-order valence-corrected chi connectivity index (χ3v) is 3.66. The van der Waals surface area contributed by atoms with E-state index in [1.807, 2.05) is 31.2 Å². The lowest BCUT2D eigenvalue weighted by Gasteiger charge is -2.14. The number of Topliss-reactive ketones (excluding diaryl/α,β-unsaturated/α-hetero) is 1. The van der Waals surface area contributed by atoms with Gasteiger partial charge < -0.3 is 9.15 Å². The number of hydrogen-bond donors (Lipinski definition) is 0. The third-order valence-electron chi connectivity index (χ3n) is 3.66. The molecule has 0 aliphatic rings. The maximum Gasteiger partial charge on any atom is 0.336 e. The molecule has 3 aromatic rings. The zero-order valence-corrected chi connectivity index (χ0v) is 12.9. The SMILES string of the molecule is Cc1cc(=O)oc2cc(OC(C)C(=O)c3ccccc3)ccc12. The van der Waals surface area contributed by atoms with Crippen LogP contribution in [-0.2, 0) is 0 Å². The van der Waals surface area contributed by atoms with Gasteiger partial charge in [-0.15, -0.1) is 0 Å². The van der Waals surface area contributed by atoms with Crippen LogP contribution in [0.3, 0.4) is 0 Å². The zero-order chi connectivity index (χ0) is 16.4. The Bertz CT molecular complexity index is 910. The molecule has 23 heavy (non-hydrogen) atoms. The quantitative estimate of drug-likeness (QED) is 0.544. The van der Waals surface area contributed by atoms with Crippen LogP contribution < -0.4 is 10.4 Å². The minimum Gasteiger partial charge on any atom is -0.482 e. The molecule has 0 radical (unpaired) electrons. The number of benzene rings is 2. The van der Waals surface area contributed by atoms with Gasteiger partial charge in [-0.05, 0) is 31.5 Å². The average Bonchev–Trinajstić information content (AvgIpc) is 2.54. The molecule has 1 atom stereocenters. The van der Waals surface area contributed by atoms with Crippen LogP contribution in [0.4, 0.5) is 0 Å². The van der Waals surface area contributed by atoms with Crippen LogP contribution in [0.25, 0.3) is 11.0 Å². The van der Waals surface area contributed by atoms with E-state index < -0.39 is 11.7 Å². The summed E-state index contributed by atoms with van der Waals surface area (Å²) >= 11 is 0. The van der Waals surface area contributed by atoms with Crippen LogP contribution in [0.15, 0.2) is 63.8 Å². The van der Waals surface area contributed by atoms with Crippen molar-refractivity contribution in [1.29, 1.82) is 0 Å². The Hall–Kier alpha value is -2.88. The fourth-order valence-electron chi connectivity index (χ4n) is 2.47. The van der Waals surface area contributed by atoms with Gasteiger partial charge in [0.1, 0.15) is 11.3 Å². The molecule has 0 aliphatic heterocycles. The van der Waals surface area contributed by atoms with Crippen molar-refractivity contribution in [3.63, 3.8) is 0 Å². The standard InChI is InChI=1S/C19H16O4/c1-12-10-18(20)23-17-11-15(8-9-16(12)17)22-13(2)19(21)14-6-4-3-5-7-14/h3-11,13H,1-2H3. The normalized spacial score (nSPS) is 12.1. The van der Waals surface area contributed by atoms with Gasteiger partial charge in [-0.2, -0.15) is 0 Å². The summed E-state index contributed by atoms with van der Waals surface area (Å²) in [6.07, 6.45) is -0.633. The Morgan fingerprint density at radius 1 is 1.09 bits per heavy atom. The highest BCUT2D eigenvalue weighted by molar-refractivity contribution is 5.99. The van der Waals surface area contributed by atoms with E-state index in [1.165, 1.54) is 6.07 Å². The molecule has 0 saturated carbocycles. The van der Waals surface area contributed by atoms with Crippen LogP contribution in [0.1, 0.15) is 22.8 Å². The molecule has 0 aliphatic carbocycles. The van der Waals surface area contributed by atoms with Gasteiger partial charge in [0.2, 0.25) is 5.78 Å². The maximum atomic E-state index is 12.3. The Morgan fingerprint density at radius 2 is 1.83 bits per heavy atom. The van der Waals surface area contributed by atoms with Gasteiger partial charge in [-0.3, -0.25) is 4.79 Å². The number of fused-ring (bicyclic) bond motifs is 1. The summed E-state index contributed by atoms with van der Waals surface area (Å²) in [6.45, 7) is 3.55. The first-order valence-electron chi connectivity index (χ1n) is 7.35. The molecule has 0 saturated heterocycles. The molecule has 4 heteroatoms. The Labute approximate surface area is 133 Å². The van der Waals surface area contributed by atoms with Crippen molar-refractivity contribution in [3.05, 3.63) is 76.1 Å². The molecule has 0 fully saturated rings. The Kier molecular flexibility index (Phi) is 3.98. The van der Waals surface area contributed by atoms with Gasteiger partial charge in [0.05, 0.1) is 0 Å². The summed E-state index contributed by atoms with van der Waals surface area (Å²) in [5.41, 5.74) is 1.49. The van der Waals surface area contributed by atoms with Gasteiger partial charge in [-0.1, -0.05) is 30.3 Å². The predicted octanol–water partition coefficient (Wildman–Crippen LogP) is 3.75. The highest BCUT2D eigenvalue weighted by Crippen LogP contribution is 2.23. The molecule has 1 unspecified atom stereocenters. The van der Waals surface area contributed by atoms with Crippen molar-refractivity contribution in [2.75, 3.05) is 0 Å². The van der Waals surface area contributed by atoms with E-state index in [2.05, 4.69) is 0 Å². The number of ether oxygens (including phenoxy) is 1. The van der Waals surface area contributed by atoms with Gasteiger partial charge in [0, 0.05) is 23.1 Å². The smallest absolute Gasteiger partial charge is 0.336 e. The van der Waals surface area contributed by atoms with Gasteiger partial charge in [-0.25, -0.2) is 4.79 Å². The Balaban J connectivity index is 1.86. The Morgan fingerprint density at radius 3 is 2.57 bits per heavy atom. The molecule has 2 aromatic carbocycles. The van der Waals surface area contributed by atoms with Gasteiger partial charge in [0.15, 0.2) is 6.10 Å². The maximum absolute atomic E-state index is 12.3. The second-order valence-corrected chi connectivity index (χ2v) is 5.40. The van der Waals surface area contributed by atoms with Crippen LogP contribution in [0, 0.1) is 6.92 Å². The molecule has 1 heterocycles. The van der Waals surface area contributed by atoms with Crippen molar-refractivity contribution in [3.8, 4) is 5.75 Å². The number of carbonyl (C=O) groups is 1. The number of rotatable bonds is 4. The molecule has 116 valence electrons. The van der Waals surface area contributed by atoms with Gasteiger partial charge in [0.25, 0.3) is 0 Å². The summed E-state index contributed by atoms with van der Waals surface area (Å²) in [5, 5.41) is 0.846. The zero-order valence-electron chi connectivity index (χ0n) is 12.9. The van der Waals surface area contributed by atoms with Crippen molar-refractivity contribution in [2.24, 2.45) is 0 Å². The van der Waals surface area contributed by atoms with E-state index in [0.29, 0.717) is 16.9 Å². The molecule has 3 rings (SSSR count). The average molecular weight is 308 g/mol. The molecule has 0 bridgehead atoms. The molecule has 0 amide bonds. The molecule has 4 nitrogen and oxygen atoms in total. The summed E-state index contributed by atoms with van der Waals surface area (Å²) < 4.78 is 10.9. The molecule has 0 N–H and O–H groups in total.